The molecule has 0 unspecified atom stereocenters. The van der Waals surface area contributed by atoms with Gasteiger partial charge in [0.1, 0.15) is 11.8 Å². The van der Waals surface area contributed by atoms with Gasteiger partial charge in [0.25, 0.3) is 6.43 Å². The predicted molar refractivity (Wildman–Crippen MR) is 54.6 cm³/mol. The molecule has 4 nitrogen and oxygen atoms in total. The summed E-state index contributed by atoms with van der Waals surface area (Å²) >= 11 is 0. The van der Waals surface area contributed by atoms with Crippen LogP contribution in [-0.2, 0) is 22.1 Å². The Labute approximate surface area is 109 Å². The molecule has 1 aromatic heterocycles. The Balaban J connectivity index is 3.59. The second-order valence-electron chi connectivity index (χ2n) is 3.58. The summed E-state index contributed by atoms with van der Waals surface area (Å²) in [5, 5.41) is 8.71. The van der Waals surface area contributed by atoms with E-state index < -0.39 is 47.4 Å². The molecule has 0 amide bonds. The molecule has 9 heteroatoms. The van der Waals surface area contributed by atoms with Crippen LogP contribution >= 0.6 is 0 Å². The van der Waals surface area contributed by atoms with Crippen molar-refractivity contribution in [1.82, 2.24) is 4.98 Å². The highest BCUT2D eigenvalue weighted by Gasteiger charge is 2.38. The summed E-state index contributed by atoms with van der Waals surface area (Å²) in [6, 6.07) is 1.38. The lowest BCUT2D eigenvalue weighted by atomic mass is 9.98. The molecule has 0 fully saturated rings. The van der Waals surface area contributed by atoms with Gasteiger partial charge in [0.05, 0.1) is 19.1 Å². The number of hydrogen-bond donors (Lipinski definition) is 0. The Morgan fingerprint density at radius 1 is 1.50 bits per heavy atom. The highest BCUT2D eigenvalue weighted by atomic mass is 19.4. The van der Waals surface area contributed by atoms with E-state index in [4.69, 9.17) is 5.26 Å². The summed E-state index contributed by atoms with van der Waals surface area (Å²) in [5.41, 5.74) is -4.54. The first-order valence-electron chi connectivity index (χ1n) is 5.06. The fourth-order valence-corrected chi connectivity index (χ4v) is 1.53. The second-order valence-corrected chi connectivity index (χ2v) is 3.58. The first-order valence-corrected chi connectivity index (χ1v) is 5.06. The smallest absolute Gasteiger partial charge is 0.418 e. The maximum absolute atomic E-state index is 12.9. The third-order valence-electron chi connectivity index (χ3n) is 2.40. The van der Waals surface area contributed by atoms with E-state index in [1.165, 1.54) is 6.07 Å². The number of pyridine rings is 1. The molecule has 0 bridgehead atoms. The molecule has 0 aliphatic heterocycles. The van der Waals surface area contributed by atoms with E-state index in [1.54, 1.807) is 0 Å². The normalized spacial score (nSPS) is 11.3. The van der Waals surface area contributed by atoms with E-state index in [9.17, 15) is 26.7 Å². The van der Waals surface area contributed by atoms with Gasteiger partial charge in [-0.2, -0.15) is 18.4 Å². The number of nitrogens with zero attached hydrogens (tertiary/aromatic N) is 2. The number of halogens is 5. The number of ether oxygens (including phenoxy) is 1. The fraction of sp³-hybridized carbons (Fsp3) is 0.364. The van der Waals surface area contributed by atoms with Gasteiger partial charge in [-0.1, -0.05) is 0 Å². The van der Waals surface area contributed by atoms with Crippen molar-refractivity contribution in [2.45, 2.75) is 19.0 Å². The van der Waals surface area contributed by atoms with Crippen LogP contribution in [0.25, 0.3) is 0 Å². The number of carbonyl (C=O) groups excluding carboxylic acids is 1. The Morgan fingerprint density at radius 3 is 2.50 bits per heavy atom. The molecule has 0 saturated heterocycles. The average molecular weight is 294 g/mol. The minimum Gasteiger partial charge on any atom is -0.469 e. The van der Waals surface area contributed by atoms with Crippen LogP contribution in [0.1, 0.15) is 28.8 Å². The number of methoxy groups -OCH3 is 1. The Hall–Kier alpha value is -2.24. The Bertz CT molecular complexity index is 563. The zero-order chi connectivity index (χ0) is 15.5. The number of hydrogen-bond acceptors (Lipinski definition) is 4. The maximum atomic E-state index is 12.9. The highest BCUT2D eigenvalue weighted by molar-refractivity contribution is 5.74. The summed E-state index contributed by atoms with van der Waals surface area (Å²) in [4.78, 5) is 14.3. The first-order chi connectivity index (χ1) is 9.22. The summed E-state index contributed by atoms with van der Waals surface area (Å²) < 4.78 is 68.0. The molecule has 20 heavy (non-hydrogen) atoms. The van der Waals surface area contributed by atoms with Crippen molar-refractivity contribution < 1.29 is 31.5 Å². The molecular weight excluding hydrogens is 287 g/mol. The first kappa shape index (κ1) is 15.8. The van der Waals surface area contributed by atoms with Crippen LogP contribution in [0, 0.1) is 11.3 Å². The fourth-order valence-electron chi connectivity index (χ4n) is 1.53. The molecule has 108 valence electrons. The minimum atomic E-state index is -5.07. The van der Waals surface area contributed by atoms with Crippen molar-refractivity contribution in [1.29, 1.82) is 5.26 Å². The van der Waals surface area contributed by atoms with Crippen molar-refractivity contribution in [2.24, 2.45) is 0 Å². The largest absolute Gasteiger partial charge is 0.469 e. The molecule has 0 saturated carbocycles. The molecule has 0 atom stereocenters. The molecule has 1 heterocycles. The van der Waals surface area contributed by atoms with Crippen molar-refractivity contribution in [3.05, 3.63) is 28.6 Å². The van der Waals surface area contributed by atoms with E-state index >= 15 is 0 Å². The predicted octanol–water partition coefficient (Wildman–Crippen LogP) is 2.63. The van der Waals surface area contributed by atoms with Crippen molar-refractivity contribution in [3.8, 4) is 6.07 Å². The van der Waals surface area contributed by atoms with E-state index in [0.717, 1.165) is 7.11 Å². The number of rotatable bonds is 3. The summed E-state index contributed by atoms with van der Waals surface area (Å²) in [5.74, 6) is -1.05. The lowest BCUT2D eigenvalue weighted by Crippen LogP contribution is -2.17. The van der Waals surface area contributed by atoms with E-state index in [0.29, 0.717) is 0 Å². The van der Waals surface area contributed by atoms with E-state index in [-0.39, 0.29) is 6.20 Å². The van der Waals surface area contributed by atoms with Gasteiger partial charge in [-0.05, 0) is 0 Å². The van der Waals surface area contributed by atoms with Gasteiger partial charge in [0.15, 0.2) is 0 Å². The average Bonchev–Trinajstić information content (AvgIpc) is 2.36. The van der Waals surface area contributed by atoms with Gasteiger partial charge in [0, 0.05) is 17.3 Å². The van der Waals surface area contributed by atoms with Crippen LogP contribution < -0.4 is 0 Å². The minimum absolute atomic E-state index is 0.154. The topological polar surface area (TPSA) is 63.0 Å². The third kappa shape index (κ3) is 3.20. The zero-order valence-electron chi connectivity index (χ0n) is 9.96. The maximum Gasteiger partial charge on any atom is 0.418 e. The number of aromatic nitrogens is 1. The summed E-state index contributed by atoms with van der Waals surface area (Å²) in [6.07, 6.45) is -9.32. The molecule has 0 N–H and O–H groups in total. The standard InChI is InChI=1S/C11H7F5N2O2/c1-20-8(19)2-5-7(3-17)18-4-6(11(14,15)16)9(5)10(12)13/h4,10H,2H2,1H3. The van der Waals surface area contributed by atoms with Crippen molar-refractivity contribution in [3.63, 3.8) is 0 Å². The van der Waals surface area contributed by atoms with Crippen LogP contribution in [0.4, 0.5) is 22.0 Å². The second kappa shape index (κ2) is 5.81. The van der Waals surface area contributed by atoms with E-state index in [2.05, 4.69) is 9.72 Å². The quantitative estimate of drug-likeness (QED) is 0.635. The number of alkyl halides is 5. The van der Waals surface area contributed by atoms with Gasteiger partial charge >= 0.3 is 12.1 Å². The van der Waals surface area contributed by atoms with Gasteiger partial charge < -0.3 is 4.74 Å². The summed E-state index contributed by atoms with van der Waals surface area (Å²) in [7, 11) is 0.942. The van der Waals surface area contributed by atoms with Crippen LogP contribution in [0.3, 0.4) is 0 Å². The van der Waals surface area contributed by atoms with Gasteiger partial charge in [-0.25, -0.2) is 13.8 Å². The lowest BCUT2D eigenvalue weighted by molar-refractivity contribution is -0.141. The Kier molecular flexibility index (Phi) is 4.60. The van der Waals surface area contributed by atoms with Gasteiger partial charge in [-0.15, -0.1) is 0 Å². The molecular formula is C11H7F5N2O2. The highest BCUT2D eigenvalue weighted by Crippen LogP contribution is 2.38. The van der Waals surface area contributed by atoms with E-state index in [1.807, 2.05) is 0 Å². The van der Waals surface area contributed by atoms with Gasteiger partial charge in [-0.3, -0.25) is 4.79 Å². The third-order valence-corrected chi connectivity index (χ3v) is 2.40. The van der Waals surface area contributed by atoms with Crippen LogP contribution in [0.2, 0.25) is 0 Å². The molecule has 1 aromatic rings. The number of carbonyl (C=O) groups is 1. The molecule has 0 radical (unpaired) electrons. The van der Waals surface area contributed by atoms with Crippen LogP contribution in [0.15, 0.2) is 6.20 Å². The number of esters is 1. The Morgan fingerprint density at radius 2 is 2.10 bits per heavy atom. The lowest BCUT2D eigenvalue weighted by Gasteiger charge is -2.16. The summed E-state index contributed by atoms with van der Waals surface area (Å²) in [6.45, 7) is 0. The van der Waals surface area contributed by atoms with Crippen LogP contribution in [-0.4, -0.2) is 18.1 Å². The van der Waals surface area contributed by atoms with Crippen molar-refractivity contribution in [2.75, 3.05) is 7.11 Å². The molecule has 0 spiro atoms. The molecule has 1 rings (SSSR count). The SMILES string of the molecule is COC(=O)Cc1c(C#N)ncc(C(F)(F)F)c1C(F)F. The number of nitriles is 1. The monoisotopic (exact) mass is 294 g/mol. The van der Waals surface area contributed by atoms with Crippen LogP contribution in [0.5, 0.6) is 0 Å². The zero-order valence-corrected chi connectivity index (χ0v) is 9.96. The molecule has 0 aromatic carbocycles. The van der Waals surface area contributed by atoms with Crippen molar-refractivity contribution >= 4 is 5.97 Å². The molecule has 0 aliphatic carbocycles. The van der Waals surface area contributed by atoms with Gasteiger partial charge in [0.2, 0.25) is 0 Å². The molecule has 0 aliphatic rings.